The maximum absolute atomic E-state index is 10.3. The standard InChI is InChI=1S/C14H26O3/c1-2-3-4-5-6-7-8-9-10-11-13(15)12-14(16)17/h10-11,13,15H,2-9,12H2,1H3,(H,16,17). The Hall–Kier alpha value is -0.830. The lowest BCUT2D eigenvalue weighted by atomic mass is 10.1. The maximum atomic E-state index is 10.3. The highest BCUT2D eigenvalue weighted by atomic mass is 16.4. The lowest BCUT2D eigenvalue weighted by Gasteiger charge is -2.01. The van der Waals surface area contributed by atoms with Crippen molar-refractivity contribution >= 4 is 5.97 Å². The summed E-state index contributed by atoms with van der Waals surface area (Å²) in [5.41, 5.74) is 0. The first kappa shape index (κ1) is 16.2. The number of unbranched alkanes of at least 4 members (excludes halogenated alkanes) is 7. The van der Waals surface area contributed by atoms with Gasteiger partial charge in [-0.25, -0.2) is 0 Å². The van der Waals surface area contributed by atoms with Gasteiger partial charge in [0.25, 0.3) is 0 Å². The fourth-order valence-electron chi connectivity index (χ4n) is 1.72. The van der Waals surface area contributed by atoms with Crippen LogP contribution in [0.2, 0.25) is 0 Å². The third-order valence-electron chi connectivity index (χ3n) is 2.72. The monoisotopic (exact) mass is 242 g/mol. The predicted octanol–water partition coefficient (Wildman–Crippen LogP) is 3.52. The topological polar surface area (TPSA) is 57.5 Å². The number of carboxylic acids is 1. The molecule has 0 aromatic heterocycles. The minimum Gasteiger partial charge on any atom is -0.481 e. The van der Waals surface area contributed by atoms with Crippen LogP contribution in [0.25, 0.3) is 0 Å². The first-order valence-electron chi connectivity index (χ1n) is 6.73. The van der Waals surface area contributed by atoms with E-state index in [1.165, 1.54) is 38.5 Å². The van der Waals surface area contributed by atoms with Crippen LogP contribution in [-0.4, -0.2) is 22.3 Å². The van der Waals surface area contributed by atoms with E-state index in [0.29, 0.717) is 0 Å². The first-order valence-corrected chi connectivity index (χ1v) is 6.73. The Kier molecular flexibility index (Phi) is 11.1. The van der Waals surface area contributed by atoms with Gasteiger partial charge in [-0.05, 0) is 12.8 Å². The van der Waals surface area contributed by atoms with E-state index in [0.717, 1.165) is 12.8 Å². The Morgan fingerprint density at radius 2 is 1.71 bits per heavy atom. The van der Waals surface area contributed by atoms with Gasteiger partial charge in [0, 0.05) is 0 Å². The SMILES string of the molecule is CCCCCCCCCC=CC(O)CC(=O)O. The predicted molar refractivity (Wildman–Crippen MR) is 70.0 cm³/mol. The van der Waals surface area contributed by atoms with Gasteiger partial charge in [-0.15, -0.1) is 0 Å². The number of hydrogen-bond donors (Lipinski definition) is 2. The lowest BCUT2D eigenvalue weighted by molar-refractivity contribution is -0.138. The van der Waals surface area contributed by atoms with Crippen molar-refractivity contribution in [3.63, 3.8) is 0 Å². The van der Waals surface area contributed by atoms with E-state index in [1.54, 1.807) is 6.08 Å². The van der Waals surface area contributed by atoms with E-state index >= 15 is 0 Å². The van der Waals surface area contributed by atoms with E-state index in [2.05, 4.69) is 6.92 Å². The molecule has 3 heteroatoms. The summed E-state index contributed by atoms with van der Waals surface area (Å²) >= 11 is 0. The highest BCUT2D eigenvalue weighted by Gasteiger charge is 2.04. The lowest BCUT2D eigenvalue weighted by Crippen LogP contribution is -2.09. The third-order valence-corrected chi connectivity index (χ3v) is 2.72. The largest absolute Gasteiger partial charge is 0.481 e. The molecule has 1 unspecified atom stereocenters. The molecule has 0 heterocycles. The molecule has 0 radical (unpaired) electrons. The molecule has 0 saturated carbocycles. The summed E-state index contributed by atoms with van der Waals surface area (Å²) < 4.78 is 0. The van der Waals surface area contributed by atoms with Crippen LogP contribution in [0.4, 0.5) is 0 Å². The molecule has 0 aromatic rings. The van der Waals surface area contributed by atoms with Crippen molar-refractivity contribution in [3.8, 4) is 0 Å². The molecule has 0 rings (SSSR count). The van der Waals surface area contributed by atoms with E-state index < -0.39 is 12.1 Å². The summed E-state index contributed by atoms with van der Waals surface area (Å²) in [6, 6.07) is 0. The van der Waals surface area contributed by atoms with Crippen molar-refractivity contribution in [2.75, 3.05) is 0 Å². The van der Waals surface area contributed by atoms with Crippen molar-refractivity contribution in [1.82, 2.24) is 0 Å². The second-order valence-corrected chi connectivity index (χ2v) is 4.50. The Morgan fingerprint density at radius 3 is 2.29 bits per heavy atom. The van der Waals surface area contributed by atoms with Gasteiger partial charge in [-0.1, -0.05) is 57.6 Å². The van der Waals surface area contributed by atoms with Crippen LogP contribution < -0.4 is 0 Å². The van der Waals surface area contributed by atoms with Crippen molar-refractivity contribution in [2.24, 2.45) is 0 Å². The fourth-order valence-corrected chi connectivity index (χ4v) is 1.72. The minimum atomic E-state index is -0.960. The third kappa shape index (κ3) is 13.1. The zero-order chi connectivity index (χ0) is 12.9. The van der Waals surface area contributed by atoms with Gasteiger partial charge < -0.3 is 10.2 Å². The van der Waals surface area contributed by atoms with E-state index in [9.17, 15) is 9.90 Å². The van der Waals surface area contributed by atoms with E-state index in [4.69, 9.17) is 5.11 Å². The normalized spacial score (nSPS) is 13.1. The number of aliphatic hydroxyl groups excluding tert-OH is 1. The van der Waals surface area contributed by atoms with Gasteiger partial charge in [0.05, 0.1) is 12.5 Å². The van der Waals surface area contributed by atoms with Crippen LogP contribution in [-0.2, 0) is 4.79 Å². The van der Waals surface area contributed by atoms with E-state index in [-0.39, 0.29) is 6.42 Å². The average molecular weight is 242 g/mol. The average Bonchev–Trinajstić information content (AvgIpc) is 2.26. The zero-order valence-corrected chi connectivity index (χ0v) is 10.9. The number of rotatable bonds is 11. The Labute approximate surface area is 105 Å². The Morgan fingerprint density at radius 1 is 1.12 bits per heavy atom. The second kappa shape index (κ2) is 11.6. The van der Waals surface area contributed by atoms with Crippen LogP contribution in [0.1, 0.15) is 64.7 Å². The summed E-state index contributed by atoms with van der Waals surface area (Å²) in [5, 5.41) is 17.7. The number of aliphatic carboxylic acids is 1. The molecule has 2 N–H and O–H groups in total. The number of carboxylic acid groups (broad SMARTS) is 1. The second-order valence-electron chi connectivity index (χ2n) is 4.50. The zero-order valence-electron chi connectivity index (χ0n) is 10.9. The van der Waals surface area contributed by atoms with Crippen LogP contribution in [0, 0.1) is 0 Å². The van der Waals surface area contributed by atoms with Gasteiger partial charge in [-0.3, -0.25) is 4.79 Å². The number of allylic oxidation sites excluding steroid dienone is 1. The Balaban J connectivity index is 3.26. The van der Waals surface area contributed by atoms with Gasteiger partial charge in [-0.2, -0.15) is 0 Å². The van der Waals surface area contributed by atoms with Crippen LogP contribution >= 0.6 is 0 Å². The molecule has 0 aliphatic carbocycles. The molecule has 1 atom stereocenters. The molecular formula is C14H26O3. The first-order chi connectivity index (χ1) is 8.16. The molecular weight excluding hydrogens is 216 g/mol. The van der Waals surface area contributed by atoms with Crippen LogP contribution in [0.5, 0.6) is 0 Å². The van der Waals surface area contributed by atoms with Gasteiger partial charge in [0.15, 0.2) is 0 Å². The van der Waals surface area contributed by atoms with Gasteiger partial charge in [0.2, 0.25) is 0 Å². The van der Waals surface area contributed by atoms with Crippen molar-refractivity contribution in [3.05, 3.63) is 12.2 Å². The van der Waals surface area contributed by atoms with Crippen molar-refractivity contribution in [1.29, 1.82) is 0 Å². The molecule has 0 aliphatic rings. The van der Waals surface area contributed by atoms with E-state index in [1.807, 2.05) is 6.08 Å². The number of aliphatic hydroxyl groups is 1. The van der Waals surface area contributed by atoms with Gasteiger partial charge >= 0.3 is 5.97 Å². The summed E-state index contributed by atoms with van der Waals surface area (Å²) in [4.78, 5) is 10.3. The summed E-state index contributed by atoms with van der Waals surface area (Å²) in [7, 11) is 0. The molecule has 0 bridgehead atoms. The molecule has 0 spiro atoms. The smallest absolute Gasteiger partial charge is 0.306 e. The molecule has 0 saturated heterocycles. The summed E-state index contributed by atoms with van der Waals surface area (Å²) in [6.45, 7) is 2.22. The highest BCUT2D eigenvalue weighted by molar-refractivity contribution is 5.67. The quantitative estimate of drug-likeness (QED) is 0.430. The number of hydrogen-bond acceptors (Lipinski definition) is 2. The van der Waals surface area contributed by atoms with Crippen LogP contribution in [0.3, 0.4) is 0 Å². The Bertz CT molecular complexity index is 212. The van der Waals surface area contributed by atoms with Gasteiger partial charge in [0.1, 0.15) is 0 Å². The molecule has 0 aromatic carbocycles. The number of carbonyl (C=O) groups is 1. The molecule has 100 valence electrons. The molecule has 0 amide bonds. The molecule has 17 heavy (non-hydrogen) atoms. The molecule has 3 nitrogen and oxygen atoms in total. The molecule has 0 fully saturated rings. The summed E-state index contributed by atoms with van der Waals surface area (Å²) in [6.07, 6.45) is 12.3. The summed E-state index contributed by atoms with van der Waals surface area (Å²) in [5.74, 6) is -0.960. The fraction of sp³-hybridized carbons (Fsp3) is 0.786. The highest BCUT2D eigenvalue weighted by Crippen LogP contribution is 2.08. The van der Waals surface area contributed by atoms with Crippen molar-refractivity contribution in [2.45, 2.75) is 70.8 Å². The maximum Gasteiger partial charge on any atom is 0.306 e. The van der Waals surface area contributed by atoms with Crippen molar-refractivity contribution < 1.29 is 15.0 Å². The van der Waals surface area contributed by atoms with Crippen LogP contribution in [0.15, 0.2) is 12.2 Å². The molecule has 0 aliphatic heterocycles. The minimum absolute atomic E-state index is 0.201.